The average Bonchev–Trinajstić information content (AvgIpc) is 2.58. The number of carboxylic acid groups (broad SMARTS) is 1. The fraction of sp³-hybridized carbons (Fsp3) is 0.312. The van der Waals surface area contributed by atoms with Gasteiger partial charge in [-0.15, -0.1) is 11.8 Å². The van der Waals surface area contributed by atoms with Crippen LogP contribution in [-0.2, 0) is 14.4 Å². The number of fused-ring (bicyclic) bond motifs is 1. The van der Waals surface area contributed by atoms with E-state index in [4.69, 9.17) is 5.73 Å². The van der Waals surface area contributed by atoms with Gasteiger partial charge in [0.15, 0.2) is 0 Å². The Morgan fingerprint density at radius 1 is 1.36 bits per heavy atom. The van der Waals surface area contributed by atoms with Crippen molar-refractivity contribution in [3.8, 4) is 5.75 Å². The highest BCUT2D eigenvalue weighted by molar-refractivity contribution is 8.00. The molecule has 132 valence electrons. The Balaban J connectivity index is 1.71. The topological polar surface area (TPSA) is 133 Å². The molecule has 5 N–H and O–H groups in total. The van der Waals surface area contributed by atoms with Crippen LogP contribution < -0.4 is 11.1 Å². The Hall–Kier alpha value is -2.52. The molecule has 1 aromatic rings. The summed E-state index contributed by atoms with van der Waals surface area (Å²) >= 11 is 1.40. The third-order valence-corrected chi connectivity index (χ3v) is 5.62. The van der Waals surface area contributed by atoms with Crippen molar-refractivity contribution in [2.75, 3.05) is 5.75 Å². The predicted octanol–water partition coefficient (Wildman–Crippen LogP) is 0.151. The third kappa shape index (κ3) is 2.96. The second-order valence-electron chi connectivity index (χ2n) is 5.90. The Morgan fingerprint density at radius 3 is 2.60 bits per heavy atom. The minimum atomic E-state index is -1.15. The van der Waals surface area contributed by atoms with Gasteiger partial charge in [-0.25, -0.2) is 4.79 Å². The molecule has 8 nitrogen and oxygen atoms in total. The molecule has 2 aliphatic rings. The van der Waals surface area contributed by atoms with Gasteiger partial charge in [0.2, 0.25) is 5.91 Å². The molecule has 2 amide bonds. The van der Waals surface area contributed by atoms with Crippen LogP contribution in [0, 0.1) is 0 Å². The van der Waals surface area contributed by atoms with Crippen molar-refractivity contribution in [2.24, 2.45) is 5.73 Å². The number of carbonyl (C=O) groups is 3. The molecule has 2 aliphatic heterocycles. The highest BCUT2D eigenvalue weighted by Gasteiger charge is 2.53. The summed E-state index contributed by atoms with van der Waals surface area (Å²) in [5.74, 6) is -1.61. The molecule has 1 aromatic carbocycles. The molecule has 0 spiro atoms. The molecule has 3 rings (SSSR count). The van der Waals surface area contributed by atoms with E-state index in [0.717, 1.165) is 0 Å². The number of thioether (sulfide) groups is 1. The number of amides is 2. The number of rotatable bonds is 4. The van der Waals surface area contributed by atoms with E-state index in [1.54, 1.807) is 6.92 Å². The monoisotopic (exact) mass is 363 g/mol. The maximum absolute atomic E-state index is 12.3. The second kappa shape index (κ2) is 6.41. The number of carbonyl (C=O) groups excluding carboxylic acids is 2. The molecule has 0 unspecified atom stereocenters. The fourth-order valence-electron chi connectivity index (χ4n) is 2.85. The Bertz CT molecular complexity index is 776. The van der Waals surface area contributed by atoms with Crippen LogP contribution in [0.5, 0.6) is 5.75 Å². The van der Waals surface area contributed by atoms with Crippen LogP contribution in [-0.4, -0.2) is 50.1 Å². The number of aromatic hydroxyl groups is 1. The Morgan fingerprint density at radius 2 is 2.00 bits per heavy atom. The second-order valence-corrected chi connectivity index (χ2v) is 7.00. The van der Waals surface area contributed by atoms with Crippen LogP contribution in [0.3, 0.4) is 0 Å². The zero-order chi connectivity index (χ0) is 18.3. The van der Waals surface area contributed by atoms with E-state index in [-0.39, 0.29) is 11.4 Å². The van der Waals surface area contributed by atoms with Crippen molar-refractivity contribution in [3.63, 3.8) is 0 Å². The molecule has 1 fully saturated rings. The number of phenols is 1. The molecule has 9 heteroatoms. The van der Waals surface area contributed by atoms with Crippen molar-refractivity contribution in [1.29, 1.82) is 0 Å². The lowest BCUT2D eigenvalue weighted by molar-refractivity contribution is -0.150. The van der Waals surface area contributed by atoms with Gasteiger partial charge >= 0.3 is 5.97 Å². The Labute approximate surface area is 147 Å². The molecule has 0 aromatic heterocycles. The molecule has 1 saturated heterocycles. The summed E-state index contributed by atoms with van der Waals surface area (Å²) in [4.78, 5) is 37.2. The number of aliphatic carboxylic acids is 1. The maximum atomic E-state index is 12.3. The lowest BCUT2D eigenvalue weighted by atomic mass is 10.0. The Kier molecular flexibility index (Phi) is 4.44. The van der Waals surface area contributed by atoms with Crippen molar-refractivity contribution in [3.05, 3.63) is 41.1 Å². The maximum Gasteiger partial charge on any atom is 0.352 e. The van der Waals surface area contributed by atoms with E-state index >= 15 is 0 Å². The van der Waals surface area contributed by atoms with Crippen LogP contribution in [0.4, 0.5) is 0 Å². The van der Waals surface area contributed by atoms with Gasteiger partial charge in [0.05, 0.1) is 0 Å². The quantitative estimate of drug-likeness (QED) is 0.560. The minimum Gasteiger partial charge on any atom is -0.508 e. The highest BCUT2D eigenvalue weighted by Crippen LogP contribution is 2.40. The summed E-state index contributed by atoms with van der Waals surface area (Å²) in [7, 11) is 0. The molecular weight excluding hydrogens is 346 g/mol. The number of carboxylic acids is 1. The number of nitrogens with two attached hydrogens (primary N) is 1. The van der Waals surface area contributed by atoms with E-state index < -0.39 is 35.2 Å². The molecule has 25 heavy (non-hydrogen) atoms. The van der Waals surface area contributed by atoms with Crippen LogP contribution in [0.1, 0.15) is 18.5 Å². The van der Waals surface area contributed by atoms with Crippen molar-refractivity contribution >= 4 is 29.5 Å². The first-order chi connectivity index (χ1) is 11.8. The first-order valence-electron chi connectivity index (χ1n) is 7.54. The van der Waals surface area contributed by atoms with Crippen LogP contribution in [0.15, 0.2) is 35.5 Å². The normalized spacial score (nSPS) is 23.6. The van der Waals surface area contributed by atoms with E-state index in [0.29, 0.717) is 16.9 Å². The van der Waals surface area contributed by atoms with Crippen molar-refractivity contribution in [1.82, 2.24) is 10.2 Å². The molecule has 0 bridgehead atoms. The number of phenolic OH excluding ortho intramolecular Hbond substituents is 1. The number of nitrogens with zero attached hydrogens (tertiary/aromatic N) is 1. The van der Waals surface area contributed by atoms with Gasteiger partial charge in [-0.1, -0.05) is 12.1 Å². The van der Waals surface area contributed by atoms with Crippen LogP contribution in [0.25, 0.3) is 0 Å². The fourth-order valence-corrected chi connectivity index (χ4v) is 4.14. The minimum absolute atomic E-state index is 0.0120. The molecular formula is C16H17N3O5S. The number of nitrogens with one attached hydrogen (secondary N) is 1. The molecule has 3 atom stereocenters. The first kappa shape index (κ1) is 17.3. The average molecular weight is 363 g/mol. The van der Waals surface area contributed by atoms with E-state index in [1.165, 1.54) is 40.9 Å². The van der Waals surface area contributed by atoms with Crippen LogP contribution >= 0.6 is 11.8 Å². The lowest BCUT2D eigenvalue weighted by Gasteiger charge is -2.49. The third-order valence-electron chi connectivity index (χ3n) is 4.19. The van der Waals surface area contributed by atoms with Gasteiger partial charge in [-0.3, -0.25) is 14.5 Å². The van der Waals surface area contributed by atoms with Crippen LogP contribution in [0.2, 0.25) is 0 Å². The van der Waals surface area contributed by atoms with Gasteiger partial charge in [0, 0.05) is 5.75 Å². The lowest BCUT2D eigenvalue weighted by Crippen LogP contribution is -2.71. The highest BCUT2D eigenvalue weighted by atomic mass is 32.2. The van der Waals surface area contributed by atoms with Crippen molar-refractivity contribution in [2.45, 2.75) is 24.4 Å². The number of β-lactam (4-membered cyclic amide) rings is 1. The van der Waals surface area contributed by atoms with E-state index in [1.807, 2.05) is 0 Å². The van der Waals surface area contributed by atoms with E-state index in [2.05, 4.69) is 5.32 Å². The first-order valence-corrected chi connectivity index (χ1v) is 8.58. The van der Waals surface area contributed by atoms with Crippen molar-refractivity contribution < 1.29 is 24.6 Å². The molecule has 2 heterocycles. The summed E-state index contributed by atoms with van der Waals surface area (Å²) in [6.07, 6.45) is 0. The van der Waals surface area contributed by atoms with Gasteiger partial charge in [0.25, 0.3) is 5.91 Å². The predicted molar refractivity (Wildman–Crippen MR) is 90.4 cm³/mol. The SMILES string of the molecule is CC1=C(C(=O)O)N2C(=O)[C@H](NC(=O)[C@H](N)c3ccc(O)cc3)[C@H]2SC1. The molecule has 0 aliphatic carbocycles. The largest absolute Gasteiger partial charge is 0.508 e. The van der Waals surface area contributed by atoms with Gasteiger partial charge in [-0.2, -0.15) is 0 Å². The summed E-state index contributed by atoms with van der Waals surface area (Å²) < 4.78 is 0. The van der Waals surface area contributed by atoms with E-state index in [9.17, 15) is 24.6 Å². The zero-order valence-corrected chi connectivity index (χ0v) is 14.1. The summed E-state index contributed by atoms with van der Waals surface area (Å²) in [5, 5.41) is 20.7. The standard InChI is InChI=1S/C16H17N3O5S/c1-7-6-25-15-11(14(22)19(15)12(7)16(23)24)18-13(21)10(17)8-2-4-9(20)5-3-8/h2-5,10-11,15,20H,6,17H2,1H3,(H,18,21)(H,23,24)/t10-,11+,15-/m1/s1. The summed E-state index contributed by atoms with van der Waals surface area (Å²) in [6.45, 7) is 1.67. The molecule has 0 saturated carbocycles. The van der Waals surface area contributed by atoms with Gasteiger partial charge < -0.3 is 21.3 Å². The number of benzene rings is 1. The number of hydrogen-bond donors (Lipinski definition) is 4. The van der Waals surface area contributed by atoms with Gasteiger partial charge in [-0.05, 0) is 30.2 Å². The number of hydrogen-bond acceptors (Lipinski definition) is 6. The summed E-state index contributed by atoms with van der Waals surface area (Å²) in [5.41, 5.74) is 7.00. The summed E-state index contributed by atoms with van der Waals surface area (Å²) in [6, 6.07) is 4.09. The van der Waals surface area contributed by atoms with Gasteiger partial charge in [0.1, 0.15) is 28.9 Å². The molecule has 0 radical (unpaired) electrons. The smallest absolute Gasteiger partial charge is 0.352 e. The zero-order valence-electron chi connectivity index (χ0n) is 13.3.